The van der Waals surface area contributed by atoms with E-state index in [1.54, 1.807) is 6.26 Å². The Hall–Kier alpha value is -1.32. The maximum Gasteiger partial charge on any atom is 0.110 e. The SMILES string of the molecule is OC[C@H](NCC1CCC=CO1)c1ccccc1. The minimum atomic E-state index is -0.00861. The van der Waals surface area contributed by atoms with E-state index in [2.05, 4.69) is 5.32 Å². The zero-order chi connectivity index (χ0) is 11.9. The fourth-order valence-electron chi connectivity index (χ4n) is 1.98. The van der Waals surface area contributed by atoms with Gasteiger partial charge in [-0.1, -0.05) is 30.3 Å². The Kier molecular flexibility index (Phi) is 4.59. The molecule has 1 heterocycles. The molecule has 0 radical (unpaired) electrons. The molecular weight excluding hydrogens is 214 g/mol. The van der Waals surface area contributed by atoms with Gasteiger partial charge in [-0.15, -0.1) is 0 Å². The fourth-order valence-corrected chi connectivity index (χ4v) is 1.98. The first-order valence-electron chi connectivity index (χ1n) is 6.10. The Morgan fingerprint density at radius 3 is 2.82 bits per heavy atom. The number of hydrogen-bond donors (Lipinski definition) is 2. The monoisotopic (exact) mass is 233 g/mol. The molecule has 3 heteroatoms. The number of benzene rings is 1. The number of aliphatic hydroxyl groups is 1. The fraction of sp³-hybridized carbons (Fsp3) is 0.429. The highest BCUT2D eigenvalue weighted by molar-refractivity contribution is 5.18. The predicted octanol–water partition coefficient (Wildman–Crippen LogP) is 2.00. The molecule has 0 saturated carbocycles. The van der Waals surface area contributed by atoms with Crippen LogP contribution < -0.4 is 5.32 Å². The molecule has 0 amide bonds. The van der Waals surface area contributed by atoms with Crippen molar-refractivity contribution in [2.75, 3.05) is 13.2 Å². The average Bonchev–Trinajstić information content (AvgIpc) is 2.42. The summed E-state index contributed by atoms with van der Waals surface area (Å²) in [6.07, 6.45) is 6.14. The molecule has 0 bridgehead atoms. The quantitative estimate of drug-likeness (QED) is 0.817. The van der Waals surface area contributed by atoms with Crippen molar-refractivity contribution in [2.24, 2.45) is 0 Å². The zero-order valence-electron chi connectivity index (χ0n) is 9.88. The Morgan fingerprint density at radius 2 is 2.18 bits per heavy atom. The van der Waals surface area contributed by atoms with Gasteiger partial charge in [0.25, 0.3) is 0 Å². The first kappa shape index (κ1) is 12.1. The first-order valence-corrected chi connectivity index (χ1v) is 6.10. The summed E-state index contributed by atoms with van der Waals surface area (Å²) in [6.45, 7) is 0.872. The van der Waals surface area contributed by atoms with Crippen LogP contribution in [0.3, 0.4) is 0 Å². The lowest BCUT2D eigenvalue weighted by Gasteiger charge is -2.23. The van der Waals surface area contributed by atoms with Crippen LogP contribution in [0.15, 0.2) is 42.7 Å². The minimum Gasteiger partial charge on any atom is -0.497 e. The molecule has 0 saturated heterocycles. The maximum atomic E-state index is 9.39. The molecule has 1 aromatic rings. The molecule has 0 aliphatic carbocycles. The summed E-state index contributed by atoms with van der Waals surface area (Å²) in [6, 6.07) is 9.99. The van der Waals surface area contributed by atoms with Gasteiger partial charge < -0.3 is 15.2 Å². The lowest BCUT2D eigenvalue weighted by atomic mass is 10.1. The lowest BCUT2D eigenvalue weighted by Crippen LogP contribution is -2.33. The van der Waals surface area contributed by atoms with Crippen molar-refractivity contribution in [3.8, 4) is 0 Å². The van der Waals surface area contributed by atoms with Crippen LogP contribution >= 0.6 is 0 Å². The number of allylic oxidation sites excluding steroid dienone is 1. The van der Waals surface area contributed by atoms with Crippen LogP contribution in [0.2, 0.25) is 0 Å². The van der Waals surface area contributed by atoms with E-state index in [1.807, 2.05) is 36.4 Å². The molecule has 2 atom stereocenters. The molecule has 1 unspecified atom stereocenters. The Morgan fingerprint density at radius 1 is 1.35 bits per heavy atom. The van der Waals surface area contributed by atoms with Crippen LogP contribution in [0.5, 0.6) is 0 Å². The van der Waals surface area contributed by atoms with Gasteiger partial charge in [0.1, 0.15) is 6.10 Å². The van der Waals surface area contributed by atoms with Crippen molar-refractivity contribution in [3.05, 3.63) is 48.2 Å². The summed E-state index contributed by atoms with van der Waals surface area (Å²) in [5, 5.41) is 12.7. The molecule has 17 heavy (non-hydrogen) atoms. The Labute approximate surface area is 102 Å². The van der Waals surface area contributed by atoms with Gasteiger partial charge >= 0.3 is 0 Å². The largest absolute Gasteiger partial charge is 0.497 e. The van der Waals surface area contributed by atoms with Crippen LogP contribution in [0.1, 0.15) is 24.4 Å². The van der Waals surface area contributed by atoms with Crippen LogP contribution in [-0.4, -0.2) is 24.4 Å². The molecule has 2 rings (SSSR count). The Bertz CT molecular complexity index is 350. The average molecular weight is 233 g/mol. The van der Waals surface area contributed by atoms with Crippen molar-refractivity contribution in [1.82, 2.24) is 5.32 Å². The van der Waals surface area contributed by atoms with Gasteiger partial charge in [-0.05, 0) is 24.5 Å². The first-order chi connectivity index (χ1) is 8.40. The van der Waals surface area contributed by atoms with Crippen molar-refractivity contribution in [3.63, 3.8) is 0 Å². The second-order valence-electron chi connectivity index (χ2n) is 4.26. The van der Waals surface area contributed by atoms with Gasteiger partial charge in [-0.3, -0.25) is 0 Å². The van der Waals surface area contributed by atoms with Crippen molar-refractivity contribution < 1.29 is 9.84 Å². The van der Waals surface area contributed by atoms with Gasteiger partial charge in [0, 0.05) is 6.54 Å². The number of nitrogens with one attached hydrogen (secondary N) is 1. The van der Waals surface area contributed by atoms with E-state index in [0.717, 1.165) is 24.9 Å². The summed E-state index contributed by atoms with van der Waals surface area (Å²) in [4.78, 5) is 0. The molecule has 0 spiro atoms. The standard InChI is InChI=1S/C14H19NO2/c16-11-14(12-6-2-1-3-7-12)15-10-13-8-4-5-9-17-13/h1-3,5-7,9,13-16H,4,8,10-11H2/t13?,14-/m0/s1. The van der Waals surface area contributed by atoms with Gasteiger partial charge in [0.2, 0.25) is 0 Å². The highest BCUT2D eigenvalue weighted by atomic mass is 16.5. The van der Waals surface area contributed by atoms with Crippen molar-refractivity contribution >= 4 is 0 Å². The van der Waals surface area contributed by atoms with Crippen LogP contribution in [-0.2, 0) is 4.74 Å². The van der Waals surface area contributed by atoms with Crippen molar-refractivity contribution in [1.29, 1.82) is 0 Å². The second-order valence-corrected chi connectivity index (χ2v) is 4.26. The molecule has 92 valence electrons. The van der Waals surface area contributed by atoms with E-state index >= 15 is 0 Å². The van der Waals surface area contributed by atoms with E-state index in [1.165, 1.54) is 0 Å². The summed E-state index contributed by atoms with van der Waals surface area (Å²) in [7, 11) is 0. The predicted molar refractivity (Wildman–Crippen MR) is 67.5 cm³/mol. The number of rotatable bonds is 5. The van der Waals surface area contributed by atoms with Crippen molar-refractivity contribution in [2.45, 2.75) is 25.0 Å². The van der Waals surface area contributed by atoms with E-state index in [4.69, 9.17) is 4.74 Å². The van der Waals surface area contributed by atoms with E-state index in [-0.39, 0.29) is 18.8 Å². The number of ether oxygens (including phenoxy) is 1. The van der Waals surface area contributed by atoms with Crippen LogP contribution in [0.4, 0.5) is 0 Å². The van der Waals surface area contributed by atoms with E-state index < -0.39 is 0 Å². The zero-order valence-corrected chi connectivity index (χ0v) is 9.88. The molecule has 1 aliphatic heterocycles. The minimum absolute atomic E-state index is 0.00861. The van der Waals surface area contributed by atoms with Gasteiger partial charge in [0.15, 0.2) is 0 Å². The summed E-state index contributed by atoms with van der Waals surface area (Å²) in [5.41, 5.74) is 1.11. The summed E-state index contributed by atoms with van der Waals surface area (Å²) >= 11 is 0. The number of aliphatic hydroxyl groups excluding tert-OH is 1. The van der Waals surface area contributed by atoms with Gasteiger partial charge in [-0.25, -0.2) is 0 Å². The number of hydrogen-bond acceptors (Lipinski definition) is 3. The molecular formula is C14H19NO2. The molecule has 2 N–H and O–H groups in total. The van der Waals surface area contributed by atoms with E-state index in [9.17, 15) is 5.11 Å². The molecule has 3 nitrogen and oxygen atoms in total. The Balaban J connectivity index is 1.85. The van der Waals surface area contributed by atoms with Crippen LogP contribution in [0, 0.1) is 0 Å². The van der Waals surface area contributed by atoms with Crippen LogP contribution in [0.25, 0.3) is 0 Å². The molecule has 0 aromatic heterocycles. The van der Waals surface area contributed by atoms with Gasteiger partial charge in [0.05, 0.1) is 18.9 Å². The smallest absolute Gasteiger partial charge is 0.110 e. The normalized spacial score (nSPS) is 20.9. The molecule has 1 aromatic carbocycles. The summed E-state index contributed by atoms with van der Waals surface area (Å²) in [5.74, 6) is 0. The third kappa shape index (κ3) is 3.58. The van der Waals surface area contributed by atoms with Gasteiger partial charge in [-0.2, -0.15) is 0 Å². The maximum absolute atomic E-state index is 9.39. The highest BCUT2D eigenvalue weighted by Gasteiger charge is 2.14. The molecule has 1 aliphatic rings. The third-order valence-electron chi connectivity index (χ3n) is 3.00. The third-order valence-corrected chi connectivity index (χ3v) is 3.00. The highest BCUT2D eigenvalue weighted by Crippen LogP contribution is 2.14. The molecule has 0 fully saturated rings. The summed E-state index contributed by atoms with van der Waals surface area (Å²) < 4.78 is 5.48. The lowest BCUT2D eigenvalue weighted by molar-refractivity contribution is 0.114. The second kappa shape index (κ2) is 6.42. The topological polar surface area (TPSA) is 41.5 Å². The van der Waals surface area contributed by atoms with E-state index in [0.29, 0.717) is 0 Å².